The van der Waals surface area contributed by atoms with Gasteiger partial charge in [-0.05, 0) is 33.2 Å². The summed E-state index contributed by atoms with van der Waals surface area (Å²) in [7, 11) is 0. The summed E-state index contributed by atoms with van der Waals surface area (Å²) in [6, 6.07) is 0.852. The Morgan fingerprint density at radius 2 is 2.13 bits per heavy atom. The van der Waals surface area contributed by atoms with Crippen LogP contribution in [0.5, 0.6) is 0 Å². The molecule has 15 heavy (non-hydrogen) atoms. The van der Waals surface area contributed by atoms with Crippen LogP contribution in [0.2, 0.25) is 0 Å². The molecule has 1 heterocycles. The van der Waals surface area contributed by atoms with Crippen molar-refractivity contribution in [1.82, 2.24) is 10.3 Å². The molecule has 1 rings (SSSR count). The predicted octanol–water partition coefficient (Wildman–Crippen LogP) is 0.875. The first-order valence-electron chi connectivity index (χ1n) is 5.84. The van der Waals surface area contributed by atoms with Crippen LogP contribution in [0, 0.1) is 5.92 Å². The third kappa shape index (κ3) is 2.92. The highest BCUT2D eigenvalue weighted by Crippen LogP contribution is 2.22. The molecular weight excluding hydrogens is 190 g/mol. The third-order valence-corrected chi connectivity index (χ3v) is 3.66. The van der Waals surface area contributed by atoms with E-state index in [1.54, 1.807) is 0 Å². The van der Waals surface area contributed by atoms with Crippen molar-refractivity contribution < 1.29 is 4.79 Å². The summed E-state index contributed by atoms with van der Waals surface area (Å²) in [6.45, 7) is 7.39. The fraction of sp³-hybridized carbons (Fsp3) is 0.909. The summed E-state index contributed by atoms with van der Waals surface area (Å²) in [5, 5.41) is 0. The summed E-state index contributed by atoms with van der Waals surface area (Å²) in [4.78, 5) is 13.9. The van der Waals surface area contributed by atoms with Gasteiger partial charge < -0.3 is 0 Å². The van der Waals surface area contributed by atoms with Crippen molar-refractivity contribution in [3.63, 3.8) is 0 Å². The molecule has 0 aromatic rings. The van der Waals surface area contributed by atoms with Crippen LogP contribution >= 0.6 is 0 Å². The summed E-state index contributed by atoms with van der Waals surface area (Å²) >= 11 is 0. The molecule has 0 aromatic heterocycles. The summed E-state index contributed by atoms with van der Waals surface area (Å²) < 4.78 is 0. The summed E-state index contributed by atoms with van der Waals surface area (Å²) in [5.41, 5.74) is 2.23. The molecule has 88 valence electrons. The van der Waals surface area contributed by atoms with Crippen molar-refractivity contribution in [3.05, 3.63) is 0 Å². The predicted molar refractivity (Wildman–Crippen MR) is 61.0 cm³/mol. The fourth-order valence-electron chi connectivity index (χ4n) is 2.36. The highest BCUT2D eigenvalue weighted by Gasteiger charge is 2.29. The summed E-state index contributed by atoms with van der Waals surface area (Å²) in [6.07, 6.45) is 3.79. The van der Waals surface area contributed by atoms with Gasteiger partial charge in [-0.3, -0.25) is 15.1 Å². The number of nitrogens with one attached hydrogen (secondary N) is 1. The molecule has 0 spiro atoms. The van der Waals surface area contributed by atoms with Crippen LogP contribution in [0.4, 0.5) is 0 Å². The largest absolute Gasteiger partial charge is 0.297 e. The minimum absolute atomic E-state index is 0.0458. The first-order chi connectivity index (χ1) is 7.07. The number of likely N-dealkylation sites (tertiary alicyclic amines) is 1. The van der Waals surface area contributed by atoms with Crippen LogP contribution in [0.25, 0.3) is 0 Å². The Hall–Kier alpha value is -0.610. The smallest absolute Gasteiger partial charge is 0.238 e. The Morgan fingerprint density at radius 3 is 2.67 bits per heavy atom. The lowest BCUT2D eigenvalue weighted by atomic mass is 9.95. The van der Waals surface area contributed by atoms with E-state index in [4.69, 9.17) is 5.84 Å². The van der Waals surface area contributed by atoms with Crippen LogP contribution in [0.3, 0.4) is 0 Å². The van der Waals surface area contributed by atoms with Gasteiger partial charge in [0.15, 0.2) is 0 Å². The molecule has 3 N–H and O–H groups in total. The van der Waals surface area contributed by atoms with E-state index in [-0.39, 0.29) is 17.9 Å². The average Bonchev–Trinajstić information content (AvgIpc) is 2.26. The normalized spacial score (nSPS) is 27.1. The number of hydrazine groups is 1. The third-order valence-electron chi connectivity index (χ3n) is 3.66. The van der Waals surface area contributed by atoms with Crippen LogP contribution in [-0.2, 0) is 4.79 Å². The van der Waals surface area contributed by atoms with Gasteiger partial charge in [0.1, 0.15) is 0 Å². The Morgan fingerprint density at radius 1 is 1.47 bits per heavy atom. The number of amides is 1. The monoisotopic (exact) mass is 213 g/mol. The maximum atomic E-state index is 11.4. The molecule has 0 saturated carbocycles. The van der Waals surface area contributed by atoms with Crippen molar-refractivity contribution in [2.45, 2.75) is 52.1 Å². The Kier molecular flexibility index (Phi) is 4.54. The fourth-order valence-corrected chi connectivity index (χ4v) is 2.36. The topological polar surface area (TPSA) is 58.4 Å². The van der Waals surface area contributed by atoms with Crippen LogP contribution in [0.15, 0.2) is 0 Å². The Labute approximate surface area is 92.2 Å². The number of hydrogen-bond donors (Lipinski definition) is 2. The number of hydrogen-bond acceptors (Lipinski definition) is 3. The van der Waals surface area contributed by atoms with E-state index in [1.807, 2.05) is 6.92 Å². The molecule has 4 heteroatoms. The second-order valence-corrected chi connectivity index (χ2v) is 4.62. The lowest BCUT2D eigenvalue weighted by Crippen LogP contribution is -2.50. The zero-order chi connectivity index (χ0) is 11.4. The Bertz CT molecular complexity index is 220. The molecule has 3 atom stereocenters. The van der Waals surface area contributed by atoms with Crippen LogP contribution in [-0.4, -0.2) is 29.4 Å². The number of carbonyl (C=O) groups is 1. The van der Waals surface area contributed by atoms with Crippen molar-refractivity contribution in [2.75, 3.05) is 6.54 Å². The molecule has 1 saturated heterocycles. The first kappa shape index (κ1) is 12.5. The van der Waals surface area contributed by atoms with Crippen LogP contribution < -0.4 is 11.3 Å². The Balaban J connectivity index is 2.57. The summed E-state index contributed by atoms with van der Waals surface area (Å²) in [5.74, 6) is 5.04. The molecular formula is C11H23N3O. The quantitative estimate of drug-likeness (QED) is 0.415. The second-order valence-electron chi connectivity index (χ2n) is 4.62. The van der Waals surface area contributed by atoms with Gasteiger partial charge in [0, 0.05) is 12.1 Å². The zero-order valence-corrected chi connectivity index (χ0v) is 9.99. The minimum atomic E-state index is -0.0692. The number of nitrogens with two attached hydrogens (primary N) is 1. The number of carbonyl (C=O) groups excluding carboxylic acids is 1. The first-order valence-corrected chi connectivity index (χ1v) is 5.84. The van der Waals surface area contributed by atoms with Crippen LogP contribution in [0.1, 0.15) is 40.0 Å². The molecule has 0 aliphatic carbocycles. The molecule has 1 fully saturated rings. The molecule has 1 aliphatic rings. The molecule has 0 bridgehead atoms. The van der Waals surface area contributed by atoms with Gasteiger partial charge in [-0.15, -0.1) is 0 Å². The van der Waals surface area contributed by atoms with Gasteiger partial charge in [0.25, 0.3) is 0 Å². The molecule has 0 aromatic carbocycles. The zero-order valence-electron chi connectivity index (χ0n) is 9.99. The van der Waals surface area contributed by atoms with Gasteiger partial charge >= 0.3 is 0 Å². The second kappa shape index (κ2) is 5.47. The average molecular weight is 213 g/mol. The molecule has 1 aliphatic heterocycles. The highest BCUT2D eigenvalue weighted by molar-refractivity contribution is 5.78. The van der Waals surface area contributed by atoms with Crippen molar-refractivity contribution in [3.8, 4) is 0 Å². The number of nitrogens with zero attached hydrogens (tertiary/aromatic N) is 1. The van der Waals surface area contributed by atoms with Crippen molar-refractivity contribution >= 4 is 5.91 Å². The maximum Gasteiger partial charge on any atom is 0.238 e. The number of piperidine rings is 1. The van der Waals surface area contributed by atoms with E-state index in [1.165, 1.54) is 19.3 Å². The minimum Gasteiger partial charge on any atom is -0.297 e. The van der Waals surface area contributed by atoms with E-state index in [9.17, 15) is 4.79 Å². The maximum absolute atomic E-state index is 11.4. The van der Waals surface area contributed by atoms with Gasteiger partial charge in [-0.1, -0.05) is 13.3 Å². The van der Waals surface area contributed by atoms with E-state index in [0.29, 0.717) is 6.04 Å². The van der Waals surface area contributed by atoms with E-state index < -0.39 is 0 Å². The lowest BCUT2D eigenvalue weighted by molar-refractivity contribution is -0.127. The SMILES string of the molecule is CC(C(=O)NN)C(C)N1CCCCC1C. The molecule has 4 nitrogen and oxygen atoms in total. The van der Waals surface area contributed by atoms with Gasteiger partial charge in [0.2, 0.25) is 5.91 Å². The van der Waals surface area contributed by atoms with Crippen molar-refractivity contribution in [2.24, 2.45) is 11.8 Å². The number of rotatable bonds is 3. The lowest BCUT2D eigenvalue weighted by Gasteiger charge is -2.40. The van der Waals surface area contributed by atoms with E-state index >= 15 is 0 Å². The van der Waals surface area contributed by atoms with Crippen molar-refractivity contribution in [1.29, 1.82) is 0 Å². The van der Waals surface area contributed by atoms with Gasteiger partial charge in [-0.25, -0.2) is 5.84 Å². The van der Waals surface area contributed by atoms with Gasteiger partial charge in [0.05, 0.1) is 5.92 Å². The molecule has 0 radical (unpaired) electrons. The molecule has 3 unspecified atom stereocenters. The van der Waals surface area contributed by atoms with Gasteiger partial charge in [-0.2, -0.15) is 0 Å². The standard InChI is InChI=1S/C11H23N3O/c1-8-6-4-5-7-14(8)10(3)9(2)11(15)13-12/h8-10H,4-7,12H2,1-3H3,(H,13,15). The van der Waals surface area contributed by atoms with E-state index in [0.717, 1.165) is 6.54 Å². The highest BCUT2D eigenvalue weighted by atomic mass is 16.2. The van der Waals surface area contributed by atoms with E-state index in [2.05, 4.69) is 24.2 Å². The molecule has 1 amide bonds.